The van der Waals surface area contributed by atoms with Crippen LogP contribution in [0.2, 0.25) is 0 Å². The van der Waals surface area contributed by atoms with Gasteiger partial charge in [0, 0.05) is 42.0 Å². The Morgan fingerprint density at radius 1 is 1.12 bits per heavy atom. The number of rotatable bonds is 5. The molecule has 6 nitrogen and oxygen atoms in total. The summed E-state index contributed by atoms with van der Waals surface area (Å²) in [7, 11) is 1.38. The van der Waals surface area contributed by atoms with Gasteiger partial charge >= 0.3 is 5.97 Å². The van der Waals surface area contributed by atoms with E-state index in [9.17, 15) is 14.4 Å². The Balaban J connectivity index is 1.71. The number of ketones is 2. The van der Waals surface area contributed by atoms with Gasteiger partial charge in [-0.1, -0.05) is 30.3 Å². The van der Waals surface area contributed by atoms with Crippen LogP contribution in [0.4, 0.5) is 5.69 Å². The minimum Gasteiger partial charge on any atom is -0.466 e. The molecule has 1 aliphatic carbocycles. The van der Waals surface area contributed by atoms with E-state index in [2.05, 4.69) is 22.3 Å². The Labute approximate surface area is 193 Å². The van der Waals surface area contributed by atoms with Gasteiger partial charge in [0.25, 0.3) is 0 Å². The third-order valence-electron chi connectivity index (χ3n) is 7.59. The maximum Gasteiger partial charge on any atom is 0.335 e. The number of fused-ring (bicyclic) bond motifs is 1. The first-order valence-corrected chi connectivity index (χ1v) is 11.4. The molecule has 0 bridgehead atoms. The van der Waals surface area contributed by atoms with E-state index in [0.717, 1.165) is 36.5 Å². The molecular weight excluding hydrogens is 416 g/mol. The minimum absolute atomic E-state index is 0.00515. The molecule has 5 rings (SSSR count). The Morgan fingerprint density at radius 2 is 1.88 bits per heavy atom. The lowest BCUT2D eigenvalue weighted by molar-refractivity contribution is -0.137. The summed E-state index contributed by atoms with van der Waals surface area (Å²) >= 11 is 0. The van der Waals surface area contributed by atoms with Gasteiger partial charge in [-0.2, -0.15) is 0 Å². The van der Waals surface area contributed by atoms with Gasteiger partial charge in [0.2, 0.25) is 0 Å². The molecule has 3 atom stereocenters. The summed E-state index contributed by atoms with van der Waals surface area (Å²) in [5, 5.41) is 3.50. The van der Waals surface area contributed by atoms with Gasteiger partial charge in [-0.3, -0.25) is 14.5 Å². The SMILES string of the molecule is COC(=O)C1=C2Nc3ccc(C(C)=O)cc3C23CCN(Cc2ccccc2)[C@H]3[C@H](C(C)=O)C1. The largest absolute Gasteiger partial charge is 0.466 e. The van der Waals surface area contributed by atoms with Crippen molar-refractivity contribution in [3.05, 3.63) is 76.5 Å². The number of hydrogen-bond acceptors (Lipinski definition) is 6. The molecule has 1 N–H and O–H groups in total. The molecule has 2 aromatic rings. The van der Waals surface area contributed by atoms with E-state index >= 15 is 0 Å². The van der Waals surface area contributed by atoms with Crippen molar-refractivity contribution in [2.24, 2.45) is 5.92 Å². The second-order valence-electron chi connectivity index (χ2n) is 9.33. The van der Waals surface area contributed by atoms with Gasteiger partial charge in [-0.05, 0) is 56.0 Å². The number of carbonyl (C=O) groups excluding carboxylic acids is 3. The maximum atomic E-state index is 13.0. The molecular formula is C27H28N2O4. The third-order valence-corrected chi connectivity index (χ3v) is 7.59. The number of ether oxygens (including phenoxy) is 1. The zero-order chi connectivity index (χ0) is 23.3. The van der Waals surface area contributed by atoms with Crippen molar-refractivity contribution >= 4 is 23.2 Å². The van der Waals surface area contributed by atoms with Crippen LogP contribution in [0.1, 0.15) is 48.2 Å². The van der Waals surface area contributed by atoms with Crippen LogP contribution in [0.5, 0.6) is 0 Å². The van der Waals surface area contributed by atoms with Gasteiger partial charge < -0.3 is 10.1 Å². The van der Waals surface area contributed by atoms with Gasteiger partial charge in [0.05, 0.1) is 18.1 Å². The van der Waals surface area contributed by atoms with Crippen molar-refractivity contribution in [3.8, 4) is 0 Å². The summed E-state index contributed by atoms with van der Waals surface area (Å²) in [6, 6.07) is 15.8. The van der Waals surface area contributed by atoms with Crippen LogP contribution in [0, 0.1) is 5.92 Å². The summed E-state index contributed by atoms with van der Waals surface area (Å²) in [5.74, 6) is -0.684. The fourth-order valence-electron chi connectivity index (χ4n) is 6.15. The third kappa shape index (κ3) is 3.23. The van der Waals surface area contributed by atoms with E-state index < -0.39 is 11.4 Å². The van der Waals surface area contributed by atoms with Crippen LogP contribution in [0.15, 0.2) is 59.8 Å². The Hall–Kier alpha value is -3.25. The molecule has 1 fully saturated rings. The molecule has 1 spiro atoms. The van der Waals surface area contributed by atoms with Crippen LogP contribution in [-0.2, 0) is 26.3 Å². The van der Waals surface area contributed by atoms with Crippen LogP contribution in [-0.4, -0.2) is 42.1 Å². The molecule has 6 heteroatoms. The average molecular weight is 445 g/mol. The number of methoxy groups -OCH3 is 1. The summed E-state index contributed by atoms with van der Waals surface area (Å²) in [4.78, 5) is 40.5. The lowest BCUT2D eigenvalue weighted by atomic mass is 9.62. The highest BCUT2D eigenvalue weighted by Crippen LogP contribution is 2.59. The molecule has 0 amide bonds. The standard InChI is InChI=1S/C27H28N2O4/c1-16(30)19-9-10-23-22(13-19)27-11-12-29(15-18-7-5-4-6-8-18)25(27)20(17(2)31)14-21(24(27)28-23)26(32)33-3/h4-10,13,20,25,28H,11-12,14-15H2,1-3H3/t20-,25-,27?/m0/s1. The molecule has 2 heterocycles. The van der Waals surface area contributed by atoms with Crippen molar-refractivity contribution in [3.63, 3.8) is 0 Å². The van der Waals surface area contributed by atoms with Crippen LogP contribution >= 0.6 is 0 Å². The molecule has 0 aromatic heterocycles. The van der Waals surface area contributed by atoms with Crippen molar-refractivity contribution in [1.82, 2.24) is 4.90 Å². The maximum absolute atomic E-state index is 13.0. The van der Waals surface area contributed by atoms with E-state index in [4.69, 9.17) is 4.74 Å². The normalized spacial score (nSPS) is 25.7. The highest BCUT2D eigenvalue weighted by molar-refractivity contribution is 5.97. The molecule has 1 unspecified atom stereocenters. The summed E-state index contributed by atoms with van der Waals surface area (Å²) in [6.07, 6.45) is 1.10. The van der Waals surface area contributed by atoms with E-state index in [-0.39, 0.29) is 23.5 Å². The summed E-state index contributed by atoms with van der Waals surface area (Å²) < 4.78 is 5.14. The highest BCUT2D eigenvalue weighted by atomic mass is 16.5. The first-order chi connectivity index (χ1) is 15.9. The fourth-order valence-corrected chi connectivity index (χ4v) is 6.15. The first-order valence-electron chi connectivity index (χ1n) is 11.4. The minimum atomic E-state index is -0.562. The zero-order valence-corrected chi connectivity index (χ0v) is 19.2. The second-order valence-corrected chi connectivity index (χ2v) is 9.33. The number of carbonyl (C=O) groups is 3. The number of nitrogens with one attached hydrogen (secondary N) is 1. The number of hydrogen-bond donors (Lipinski definition) is 1. The predicted molar refractivity (Wildman–Crippen MR) is 125 cm³/mol. The molecule has 2 aliphatic heterocycles. The van der Waals surface area contributed by atoms with Crippen molar-refractivity contribution in [2.75, 3.05) is 19.0 Å². The highest BCUT2D eigenvalue weighted by Gasteiger charge is 2.61. The van der Waals surface area contributed by atoms with E-state index in [1.165, 1.54) is 12.7 Å². The molecule has 0 saturated carbocycles. The van der Waals surface area contributed by atoms with Crippen molar-refractivity contribution in [1.29, 1.82) is 0 Å². The van der Waals surface area contributed by atoms with Crippen molar-refractivity contribution < 1.29 is 19.1 Å². The molecule has 3 aliphatic rings. The Kier molecular flexibility index (Phi) is 5.20. The fraction of sp³-hybridized carbons (Fsp3) is 0.370. The number of Topliss-reactive ketones (excluding diaryl/α,β-unsaturated/α-hetero) is 2. The molecule has 2 aromatic carbocycles. The Morgan fingerprint density at radius 3 is 2.55 bits per heavy atom. The van der Waals surface area contributed by atoms with Gasteiger partial charge in [0.15, 0.2) is 5.78 Å². The summed E-state index contributed by atoms with van der Waals surface area (Å²) in [5.41, 5.74) is 4.53. The van der Waals surface area contributed by atoms with Gasteiger partial charge in [-0.25, -0.2) is 4.79 Å². The van der Waals surface area contributed by atoms with Crippen LogP contribution < -0.4 is 5.32 Å². The quantitative estimate of drug-likeness (QED) is 0.558. The number of nitrogens with zero attached hydrogens (tertiary/aromatic N) is 1. The van der Waals surface area contributed by atoms with E-state index in [1.54, 1.807) is 13.8 Å². The zero-order valence-electron chi connectivity index (χ0n) is 19.2. The molecule has 1 saturated heterocycles. The number of benzene rings is 2. The molecule has 33 heavy (non-hydrogen) atoms. The lowest BCUT2D eigenvalue weighted by Crippen LogP contribution is -2.53. The number of likely N-dealkylation sites (tertiary alicyclic amines) is 1. The van der Waals surface area contributed by atoms with Crippen molar-refractivity contribution in [2.45, 2.75) is 44.7 Å². The molecule has 170 valence electrons. The van der Waals surface area contributed by atoms with Crippen LogP contribution in [0.3, 0.4) is 0 Å². The molecule has 0 radical (unpaired) electrons. The smallest absolute Gasteiger partial charge is 0.335 e. The summed E-state index contributed by atoms with van der Waals surface area (Å²) in [6.45, 7) is 4.68. The number of anilines is 1. The van der Waals surface area contributed by atoms with Gasteiger partial charge in [0.1, 0.15) is 5.78 Å². The average Bonchev–Trinajstić information content (AvgIpc) is 3.35. The monoisotopic (exact) mass is 444 g/mol. The topological polar surface area (TPSA) is 75.7 Å². The van der Waals surface area contributed by atoms with E-state index in [1.807, 2.05) is 36.4 Å². The Bertz CT molecular complexity index is 1190. The van der Waals surface area contributed by atoms with E-state index in [0.29, 0.717) is 17.6 Å². The van der Waals surface area contributed by atoms with Crippen LogP contribution in [0.25, 0.3) is 0 Å². The van der Waals surface area contributed by atoms with Gasteiger partial charge in [-0.15, -0.1) is 0 Å². The first kappa shape index (κ1) is 21.6. The second kappa shape index (κ2) is 7.96. The number of esters is 1. The predicted octanol–water partition coefficient (Wildman–Crippen LogP) is 3.86. The lowest BCUT2D eigenvalue weighted by Gasteiger charge is -2.45.